The molecule has 1 aromatic carbocycles. The maximum atomic E-state index is 12.6. The highest BCUT2D eigenvalue weighted by molar-refractivity contribution is 6.42. The van der Waals surface area contributed by atoms with Crippen LogP contribution in [-0.2, 0) is 14.3 Å². The third-order valence-corrected chi connectivity index (χ3v) is 3.93. The quantitative estimate of drug-likeness (QED) is 0.499. The van der Waals surface area contributed by atoms with Crippen molar-refractivity contribution < 1.29 is 19.1 Å². The van der Waals surface area contributed by atoms with Crippen molar-refractivity contribution in [3.8, 4) is 0 Å². The lowest BCUT2D eigenvalue weighted by atomic mass is 10.2. The van der Waals surface area contributed by atoms with Crippen molar-refractivity contribution in [2.24, 2.45) is 0 Å². The fraction of sp³-hybridized carbons (Fsp3) is 0.500. The Morgan fingerprint density at radius 2 is 1.91 bits per heavy atom. The van der Waals surface area contributed by atoms with Gasteiger partial charge in [-0.3, -0.25) is 9.59 Å². The van der Waals surface area contributed by atoms with Gasteiger partial charge in [-0.05, 0) is 31.5 Å². The van der Waals surface area contributed by atoms with Gasteiger partial charge in [0.2, 0.25) is 0 Å². The van der Waals surface area contributed by atoms with Crippen LogP contribution in [0, 0.1) is 0 Å². The van der Waals surface area contributed by atoms with E-state index in [1.54, 1.807) is 17.0 Å². The van der Waals surface area contributed by atoms with Gasteiger partial charge in [0.25, 0.3) is 5.91 Å². The Balaban J connectivity index is 2.76. The smallest absolute Gasteiger partial charge is 0.307 e. The molecule has 128 valence electrons. The molecule has 1 amide bonds. The number of hydrogen-bond donors (Lipinski definition) is 0. The monoisotopic (exact) mass is 361 g/mol. The number of benzene rings is 1. The Kier molecular flexibility index (Phi) is 8.99. The summed E-state index contributed by atoms with van der Waals surface area (Å²) in [7, 11) is 1.32. The summed E-state index contributed by atoms with van der Waals surface area (Å²) in [6, 6.07) is 4.72. The molecule has 1 aromatic rings. The number of hydrogen-bond acceptors (Lipinski definition) is 4. The maximum absolute atomic E-state index is 12.6. The minimum Gasteiger partial charge on any atom is -0.469 e. The van der Waals surface area contributed by atoms with Crippen LogP contribution < -0.4 is 0 Å². The first-order valence-corrected chi connectivity index (χ1v) is 8.14. The summed E-state index contributed by atoms with van der Waals surface area (Å²) in [5, 5.41) is 0.709. The molecule has 7 heteroatoms. The molecule has 0 spiro atoms. The third-order valence-electron chi connectivity index (χ3n) is 3.19. The predicted octanol–water partition coefficient (Wildman–Crippen LogP) is 3.43. The van der Waals surface area contributed by atoms with Crippen LogP contribution in [0.2, 0.25) is 10.0 Å². The van der Waals surface area contributed by atoms with E-state index in [4.69, 9.17) is 27.9 Å². The number of ether oxygens (including phenoxy) is 2. The van der Waals surface area contributed by atoms with Crippen LogP contribution >= 0.6 is 23.2 Å². The zero-order valence-corrected chi connectivity index (χ0v) is 14.8. The Morgan fingerprint density at radius 3 is 2.52 bits per heavy atom. The molecular formula is C16H21Cl2NO4. The van der Waals surface area contributed by atoms with E-state index in [0.29, 0.717) is 41.8 Å². The summed E-state index contributed by atoms with van der Waals surface area (Å²) in [5.74, 6) is -0.564. The lowest BCUT2D eigenvalue weighted by Gasteiger charge is -2.22. The second-order valence-electron chi connectivity index (χ2n) is 4.80. The van der Waals surface area contributed by atoms with E-state index in [1.807, 2.05) is 6.92 Å². The second-order valence-corrected chi connectivity index (χ2v) is 5.61. The largest absolute Gasteiger partial charge is 0.469 e. The normalized spacial score (nSPS) is 10.4. The Labute approximate surface area is 146 Å². The molecule has 0 N–H and O–H groups in total. The Bertz CT molecular complexity index is 537. The molecule has 23 heavy (non-hydrogen) atoms. The molecule has 0 aliphatic carbocycles. The fourth-order valence-electron chi connectivity index (χ4n) is 1.96. The number of rotatable bonds is 9. The van der Waals surface area contributed by atoms with E-state index in [-0.39, 0.29) is 24.8 Å². The average molecular weight is 362 g/mol. The Hall–Kier alpha value is -1.30. The van der Waals surface area contributed by atoms with E-state index in [9.17, 15) is 9.59 Å². The molecule has 0 saturated carbocycles. The fourth-order valence-corrected chi connectivity index (χ4v) is 2.25. The zero-order chi connectivity index (χ0) is 17.2. The third kappa shape index (κ3) is 6.77. The van der Waals surface area contributed by atoms with E-state index < -0.39 is 0 Å². The van der Waals surface area contributed by atoms with Gasteiger partial charge in [0.15, 0.2) is 0 Å². The van der Waals surface area contributed by atoms with Crippen molar-refractivity contribution in [3.63, 3.8) is 0 Å². The average Bonchev–Trinajstić information content (AvgIpc) is 2.55. The molecule has 0 heterocycles. The van der Waals surface area contributed by atoms with Crippen LogP contribution in [0.1, 0.15) is 30.1 Å². The number of methoxy groups -OCH3 is 1. The summed E-state index contributed by atoms with van der Waals surface area (Å²) < 4.78 is 9.91. The molecule has 0 aliphatic rings. The summed E-state index contributed by atoms with van der Waals surface area (Å²) in [6.45, 7) is 3.85. The lowest BCUT2D eigenvalue weighted by molar-refractivity contribution is -0.140. The summed E-state index contributed by atoms with van der Waals surface area (Å²) in [6.07, 6.45) is 0.820. The molecule has 0 aromatic heterocycles. The molecule has 0 aliphatic heterocycles. The first-order valence-electron chi connectivity index (χ1n) is 7.38. The SMILES string of the molecule is CCOCCCN(CCC(=O)OC)C(=O)c1ccc(Cl)c(Cl)c1. The van der Waals surface area contributed by atoms with Crippen molar-refractivity contribution in [1.29, 1.82) is 0 Å². The highest BCUT2D eigenvalue weighted by atomic mass is 35.5. The van der Waals surface area contributed by atoms with Crippen LogP contribution in [0.15, 0.2) is 18.2 Å². The van der Waals surface area contributed by atoms with Gasteiger partial charge in [0, 0.05) is 31.9 Å². The molecule has 5 nitrogen and oxygen atoms in total. The van der Waals surface area contributed by atoms with Gasteiger partial charge in [-0.1, -0.05) is 23.2 Å². The van der Waals surface area contributed by atoms with Crippen molar-refractivity contribution in [3.05, 3.63) is 33.8 Å². The van der Waals surface area contributed by atoms with E-state index in [2.05, 4.69) is 4.74 Å². The number of esters is 1. The van der Waals surface area contributed by atoms with Gasteiger partial charge in [-0.15, -0.1) is 0 Å². The molecule has 0 radical (unpaired) electrons. The number of amides is 1. The number of nitrogens with zero attached hydrogens (tertiary/aromatic N) is 1. The number of halogens is 2. The molecule has 0 fully saturated rings. The molecule has 1 rings (SSSR count). The van der Waals surface area contributed by atoms with Crippen molar-refractivity contribution >= 4 is 35.1 Å². The standard InChI is InChI=1S/C16H21Cl2NO4/c1-3-23-10-4-8-19(9-7-15(20)22-2)16(21)12-5-6-13(17)14(18)11-12/h5-6,11H,3-4,7-10H2,1-2H3. The first-order chi connectivity index (χ1) is 11.0. The van der Waals surface area contributed by atoms with E-state index >= 15 is 0 Å². The maximum Gasteiger partial charge on any atom is 0.307 e. The number of carbonyl (C=O) groups is 2. The molecule has 0 bridgehead atoms. The minimum atomic E-state index is -0.359. The topological polar surface area (TPSA) is 55.8 Å². The molecule has 0 atom stereocenters. The first kappa shape index (κ1) is 19.7. The van der Waals surface area contributed by atoms with Crippen LogP contribution in [0.4, 0.5) is 0 Å². The predicted molar refractivity (Wildman–Crippen MR) is 90.1 cm³/mol. The highest BCUT2D eigenvalue weighted by Crippen LogP contribution is 2.23. The number of carbonyl (C=O) groups excluding carboxylic acids is 2. The van der Waals surface area contributed by atoms with Gasteiger partial charge in [-0.25, -0.2) is 0 Å². The van der Waals surface area contributed by atoms with E-state index in [0.717, 1.165) is 0 Å². The Morgan fingerprint density at radius 1 is 1.17 bits per heavy atom. The van der Waals surface area contributed by atoms with E-state index in [1.165, 1.54) is 13.2 Å². The van der Waals surface area contributed by atoms with Gasteiger partial charge in [-0.2, -0.15) is 0 Å². The van der Waals surface area contributed by atoms with Crippen molar-refractivity contribution in [1.82, 2.24) is 4.90 Å². The highest BCUT2D eigenvalue weighted by Gasteiger charge is 2.18. The lowest BCUT2D eigenvalue weighted by Crippen LogP contribution is -2.34. The van der Waals surface area contributed by atoms with Gasteiger partial charge >= 0.3 is 5.97 Å². The zero-order valence-electron chi connectivity index (χ0n) is 13.3. The minimum absolute atomic E-state index is 0.137. The van der Waals surface area contributed by atoms with Gasteiger partial charge in [0.05, 0.1) is 23.6 Å². The summed E-state index contributed by atoms with van der Waals surface area (Å²) in [5.41, 5.74) is 0.431. The molecule has 0 saturated heterocycles. The van der Waals surface area contributed by atoms with Crippen LogP contribution in [-0.4, -0.2) is 50.2 Å². The van der Waals surface area contributed by atoms with Gasteiger partial charge in [0.1, 0.15) is 0 Å². The summed E-state index contributed by atoms with van der Waals surface area (Å²) in [4.78, 5) is 25.5. The van der Waals surface area contributed by atoms with Crippen molar-refractivity contribution in [2.45, 2.75) is 19.8 Å². The molecule has 0 unspecified atom stereocenters. The van der Waals surface area contributed by atoms with Gasteiger partial charge < -0.3 is 14.4 Å². The summed E-state index contributed by atoms with van der Waals surface area (Å²) >= 11 is 11.8. The second kappa shape index (κ2) is 10.5. The van der Waals surface area contributed by atoms with Crippen LogP contribution in [0.5, 0.6) is 0 Å². The molecular weight excluding hydrogens is 341 g/mol. The van der Waals surface area contributed by atoms with Crippen LogP contribution in [0.3, 0.4) is 0 Å². The van der Waals surface area contributed by atoms with Crippen molar-refractivity contribution in [2.75, 3.05) is 33.4 Å². The van der Waals surface area contributed by atoms with Crippen LogP contribution in [0.25, 0.3) is 0 Å².